The molecule has 0 aliphatic carbocycles. The third-order valence-corrected chi connectivity index (χ3v) is 2.67. The molecule has 0 saturated heterocycles. The number of carbonyl (C=O) groups excluding carboxylic acids is 1. The molecule has 0 aliphatic rings. The maximum Gasteiger partial charge on any atom is 0.310 e. The van der Waals surface area contributed by atoms with Crippen molar-refractivity contribution in [1.82, 2.24) is 0 Å². The summed E-state index contributed by atoms with van der Waals surface area (Å²) in [6, 6.07) is 5.69. The van der Waals surface area contributed by atoms with Crippen LogP contribution in [0.2, 0.25) is 0 Å². The minimum absolute atomic E-state index is 0.236. The van der Waals surface area contributed by atoms with Crippen LogP contribution in [0.15, 0.2) is 33.4 Å². The van der Waals surface area contributed by atoms with Gasteiger partial charge in [-0.3, -0.25) is 4.79 Å². The molecule has 3 nitrogen and oxygen atoms in total. The Morgan fingerprint density at radius 1 is 1.53 bits per heavy atom. The lowest BCUT2D eigenvalue weighted by Crippen LogP contribution is -2.03. The van der Waals surface area contributed by atoms with E-state index in [1.165, 1.54) is 7.11 Å². The molecule has 4 heteroatoms. The molecule has 0 bridgehead atoms. The molecule has 0 unspecified atom stereocenters. The Morgan fingerprint density at radius 2 is 2.33 bits per heavy atom. The van der Waals surface area contributed by atoms with Crippen LogP contribution in [0, 0.1) is 0 Å². The number of halogens is 1. The Labute approximate surface area is 95.1 Å². The third-order valence-electron chi connectivity index (χ3n) is 2.18. The highest BCUT2D eigenvalue weighted by Gasteiger charge is 2.10. The van der Waals surface area contributed by atoms with E-state index in [-0.39, 0.29) is 12.4 Å². The molecule has 0 fully saturated rings. The number of fused-ring (bicyclic) bond motifs is 1. The van der Waals surface area contributed by atoms with Gasteiger partial charge in [0.05, 0.1) is 19.8 Å². The maximum absolute atomic E-state index is 11.1. The van der Waals surface area contributed by atoms with E-state index in [9.17, 15) is 4.79 Å². The summed E-state index contributed by atoms with van der Waals surface area (Å²) in [4.78, 5) is 11.1. The number of ether oxygens (including phenoxy) is 1. The van der Waals surface area contributed by atoms with E-state index in [1.54, 1.807) is 6.26 Å². The van der Waals surface area contributed by atoms with Gasteiger partial charge in [-0.15, -0.1) is 0 Å². The highest BCUT2D eigenvalue weighted by atomic mass is 79.9. The molecule has 78 valence electrons. The summed E-state index contributed by atoms with van der Waals surface area (Å²) in [7, 11) is 1.38. The fourth-order valence-corrected chi connectivity index (χ4v) is 1.78. The molecule has 1 heterocycles. The van der Waals surface area contributed by atoms with Crippen molar-refractivity contribution in [1.29, 1.82) is 0 Å². The van der Waals surface area contributed by atoms with Gasteiger partial charge in [-0.05, 0) is 18.2 Å². The fraction of sp³-hybridized carbons (Fsp3) is 0.182. The predicted octanol–water partition coefficient (Wildman–Crippen LogP) is 2.91. The Balaban J connectivity index is 2.43. The molecule has 15 heavy (non-hydrogen) atoms. The first-order valence-electron chi connectivity index (χ1n) is 4.43. The van der Waals surface area contributed by atoms with Crippen LogP contribution in [0.1, 0.15) is 5.56 Å². The van der Waals surface area contributed by atoms with E-state index in [4.69, 9.17) is 4.42 Å². The summed E-state index contributed by atoms with van der Waals surface area (Å²) < 4.78 is 10.9. The number of benzene rings is 1. The standard InChI is InChI=1S/C11H9BrO3/c1-14-11(13)4-7-6-15-10-3-2-8(12)5-9(7)10/h2-3,5-6H,4H2,1H3. The maximum atomic E-state index is 11.1. The molecule has 0 saturated carbocycles. The molecule has 1 aromatic carbocycles. The number of hydrogen-bond donors (Lipinski definition) is 0. The number of hydrogen-bond acceptors (Lipinski definition) is 3. The highest BCUT2D eigenvalue weighted by Crippen LogP contribution is 2.25. The van der Waals surface area contributed by atoms with E-state index in [0.29, 0.717) is 0 Å². The first-order chi connectivity index (χ1) is 7.20. The van der Waals surface area contributed by atoms with Gasteiger partial charge >= 0.3 is 5.97 Å². The van der Waals surface area contributed by atoms with Crippen molar-refractivity contribution in [3.63, 3.8) is 0 Å². The zero-order valence-electron chi connectivity index (χ0n) is 8.12. The summed E-state index contributed by atoms with van der Waals surface area (Å²) >= 11 is 3.38. The highest BCUT2D eigenvalue weighted by molar-refractivity contribution is 9.10. The number of furan rings is 1. The molecule has 0 atom stereocenters. The Morgan fingerprint density at radius 3 is 3.07 bits per heavy atom. The monoisotopic (exact) mass is 268 g/mol. The number of rotatable bonds is 2. The molecule has 0 radical (unpaired) electrons. The molecule has 1 aromatic heterocycles. The second-order valence-corrected chi connectivity index (χ2v) is 4.07. The minimum atomic E-state index is -0.266. The summed E-state index contributed by atoms with van der Waals surface area (Å²) in [6.07, 6.45) is 1.83. The smallest absolute Gasteiger partial charge is 0.310 e. The van der Waals surface area contributed by atoms with E-state index >= 15 is 0 Å². The van der Waals surface area contributed by atoms with Gasteiger partial charge in [0.25, 0.3) is 0 Å². The molecular weight excluding hydrogens is 260 g/mol. The molecule has 0 N–H and O–H groups in total. The summed E-state index contributed by atoms with van der Waals surface area (Å²) in [5, 5.41) is 0.940. The van der Waals surface area contributed by atoms with Gasteiger partial charge in [0, 0.05) is 15.4 Å². The molecular formula is C11H9BrO3. The average Bonchev–Trinajstić information content (AvgIpc) is 2.61. The van der Waals surface area contributed by atoms with Crippen LogP contribution < -0.4 is 0 Å². The number of methoxy groups -OCH3 is 1. The average molecular weight is 269 g/mol. The molecule has 0 aliphatic heterocycles. The minimum Gasteiger partial charge on any atom is -0.469 e. The van der Waals surface area contributed by atoms with Crippen LogP contribution >= 0.6 is 15.9 Å². The van der Waals surface area contributed by atoms with Crippen molar-refractivity contribution in [3.8, 4) is 0 Å². The van der Waals surface area contributed by atoms with Gasteiger partial charge in [0.1, 0.15) is 5.58 Å². The largest absolute Gasteiger partial charge is 0.469 e. The van der Waals surface area contributed by atoms with Crippen molar-refractivity contribution in [3.05, 3.63) is 34.5 Å². The summed E-state index contributed by atoms with van der Waals surface area (Å²) in [6.45, 7) is 0. The first kappa shape index (κ1) is 10.2. The normalized spacial score (nSPS) is 10.5. The topological polar surface area (TPSA) is 39.4 Å². The lowest BCUT2D eigenvalue weighted by atomic mass is 10.1. The van der Waals surface area contributed by atoms with Gasteiger partial charge < -0.3 is 9.15 Å². The number of carbonyl (C=O) groups is 1. The SMILES string of the molecule is COC(=O)Cc1coc2ccc(Br)cc12. The van der Waals surface area contributed by atoms with Crippen molar-refractivity contribution in [2.24, 2.45) is 0 Å². The Kier molecular flexibility index (Phi) is 2.77. The van der Waals surface area contributed by atoms with Crippen molar-refractivity contribution in [2.75, 3.05) is 7.11 Å². The zero-order chi connectivity index (χ0) is 10.8. The zero-order valence-corrected chi connectivity index (χ0v) is 9.71. The summed E-state index contributed by atoms with van der Waals surface area (Å²) in [5.74, 6) is -0.266. The fourth-order valence-electron chi connectivity index (χ4n) is 1.42. The van der Waals surface area contributed by atoms with Gasteiger partial charge in [-0.25, -0.2) is 0 Å². The van der Waals surface area contributed by atoms with Crippen LogP contribution in [-0.4, -0.2) is 13.1 Å². The quantitative estimate of drug-likeness (QED) is 0.787. The van der Waals surface area contributed by atoms with E-state index in [2.05, 4.69) is 20.7 Å². The number of esters is 1. The van der Waals surface area contributed by atoms with Gasteiger partial charge in [0.15, 0.2) is 0 Å². The molecule has 0 amide bonds. The van der Waals surface area contributed by atoms with Gasteiger partial charge in [-0.2, -0.15) is 0 Å². The van der Waals surface area contributed by atoms with Crippen LogP contribution in [0.4, 0.5) is 0 Å². The molecule has 2 rings (SSSR count). The predicted molar refractivity (Wildman–Crippen MR) is 59.6 cm³/mol. The lowest BCUT2D eigenvalue weighted by molar-refractivity contribution is -0.139. The van der Waals surface area contributed by atoms with Crippen LogP contribution in [-0.2, 0) is 16.0 Å². The van der Waals surface area contributed by atoms with E-state index < -0.39 is 0 Å². The first-order valence-corrected chi connectivity index (χ1v) is 5.22. The van der Waals surface area contributed by atoms with E-state index in [1.807, 2.05) is 18.2 Å². The summed E-state index contributed by atoms with van der Waals surface area (Å²) in [5.41, 5.74) is 1.62. The Hall–Kier alpha value is -1.29. The molecule has 2 aromatic rings. The van der Waals surface area contributed by atoms with Gasteiger partial charge in [0.2, 0.25) is 0 Å². The van der Waals surface area contributed by atoms with Gasteiger partial charge in [-0.1, -0.05) is 15.9 Å². The third kappa shape index (κ3) is 2.04. The second-order valence-electron chi connectivity index (χ2n) is 3.15. The Bertz CT molecular complexity index is 502. The lowest BCUT2D eigenvalue weighted by Gasteiger charge is -1.97. The van der Waals surface area contributed by atoms with Crippen LogP contribution in [0.3, 0.4) is 0 Å². The molecule has 0 spiro atoms. The van der Waals surface area contributed by atoms with Crippen molar-refractivity contribution >= 4 is 32.9 Å². The second kappa shape index (κ2) is 4.06. The van der Waals surface area contributed by atoms with Crippen molar-refractivity contribution < 1.29 is 13.9 Å². The van der Waals surface area contributed by atoms with Crippen LogP contribution in [0.25, 0.3) is 11.0 Å². The van der Waals surface area contributed by atoms with E-state index in [0.717, 1.165) is 21.0 Å². The van der Waals surface area contributed by atoms with Crippen LogP contribution in [0.5, 0.6) is 0 Å². The van der Waals surface area contributed by atoms with Crippen molar-refractivity contribution in [2.45, 2.75) is 6.42 Å².